The van der Waals surface area contributed by atoms with Gasteiger partial charge in [-0.1, -0.05) is 23.7 Å². The van der Waals surface area contributed by atoms with Crippen LogP contribution >= 0.6 is 11.6 Å². The molecular weight excluding hydrogens is 262 g/mol. The number of carbonyl (C=O) groups is 1. The highest BCUT2D eigenvalue weighted by Crippen LogP contribution is 2.41. The predicted molar refractivity (Wildman–Crippen MR) is 73.6 cm³/mol. The van der Waals surface area contributed by atoms with Crippen molar-refractivity contribution in [3.63, 3.8) is 0 Å². The second-order valence-electron chi connectivity index (χ2n) is 4.72. The molecule has 1 N–H and O–H groups in total. The first-order valence-electron chi connectivity index (χ1n) is 6.15. The van der Waals surface area contributed by atoms with Crippen LogP contribution in [0.4, 0.5) is 0 Å². The quantitative estimate of drug-likeness (QED) is 0.920. The van der Waals surface area contributed by atoms with Crippen LogP contribution < -0.4 is 0 Å². The number of hydrogen-bond donors (Lipinski definition) is 1. The summed E-state index contributed by atoms with van der Waals surface area (Å²) < 4.78 is 0. The fourth-order valence-corrected chi connectivity index (χ4v) is 2.23. The second-order valence-corrected chi connectivity index (χ2v) is 5.15. The minimum atomic E-state index is -0.906. The molecule has 0 bridgehead atoms. The summed E-state index contributed by atoms with van der Waals surface area (Å²) in [5.74, 6) is -0.601. The van der Waals surface area contributed by atoms with E-state index in [1.165, 1.54) is 0 Å². The molecule has 96 valence electrons. The zero-order valence-electron chi connectivity index (χ0n) is 10.1. The molecule has 0 atom stereocenters. The number of aromatic nitrogens is 1. The molecule has 0 saturated heterocycles. The van der Waals surface area contributed by atoms with E-state index in [4.69, 9.17) is 11.6 Å². The van der Waals surface area contributed by atoms with Gasteiger partial charge in [-0.05, 0) is 37.1 Å². The number of aromatic carboxylic acids is 1. The van der Waals surface area contributed by atoms with E-state index < -0.39 is 5.97 Å². The summed E-state index contributed by atoms with van der Waals surface area (Å²) >= 11 is 5.86. The van der Waals surface area contributed by atoms with Gasteiger partial charge in [-0.2, -0.15) is 0 Å². The number of carboxylic acid groups (broad SMARTS) is 1. The summed E-state index contributed by atoms with van der Waals surface area (Å²) in [6, 6.07) is 10.8. The van der Waals surface area contributed by atoms with E-state index in [9.17, 15) is 9.90 Å². The van der Waals surface area contributed by atoms with E-state index in [1.807, 2.05) is 12.1 Å². The van der Waals surface area contributed by atoms with Crippen LogP contribution in [0.5, 0.6) is 0 Å². The normalized spacial score (nSPS) is 14.4. The van der Waals surface area contributed by atoms with Gasteiger partial charge >= 0.3 is 5.97 Å². The molecule has 1 fully saturated rings. The van der Waals surface area contributed by atoms with E-state index in [1.54, 1.807) is 24.3 Å². The number of rotatable bonds is 3. The van der Waals surface area contributed by atoms with Crippen LogP contribution in [-0.4, -0.2) is 16.1 Å². The topological polar surface area (TPSA) is 50.2 Å². The van der Waals surface area contributed by atoms with E-state index in [0.29, 0.717) is 22.2 Å². The lowest BCUT2D eigenvalue weighted by atomic mass is 10.1. The molecule has 1 aliphatic carbocycles. The molecule has 1 aromatic carbocycles. The Morgan fingerprint density at radius 1 is 1.16 bits per heavy atom. The number of carboxylic acids is 1. The molecule has 3 nitrogen and oxygen atoms in total. The van der Waals surface area contributed by atoms with Gasteiger partial charge in [0.2, 0.25) is 0 Å². The van der Waals surface area contributed by atoms with Crippen LogP contribution in [0.3, 0.4) is 0 Å². The molecule has 3 rings (SSSR count). The number of pyridine rings is 1. The van der Waals surface area contributed by atoms with Crippen LogP contribution in [0.1, 0.15) is 34.8 Å². The van der Waals surface area contributed by atoms with Crippen LogP contribution in [0.15, 0.2) is 36.4 Å². The van der Waals surface area contributed by atoms with E-state index in [2.05, 4.69) is 4.98 Å². The molecule has 0 amide bonds. The van der Waals surface area contributed by atoms with Crippen molar-refractivity contribution in [1.82, 2.24) is 4.98 Å². The first-order chi connectivity index (χ1) is 9.15. The summed E-state index contributed by atoms with van der Waals surface area (Å²) in [6.45, 7) is 0. The summed E-state index contributed by atoms with van der Waals surface area (Å²) in [6.07, 6.45) is 2.05. The highest BCUT2D eigenvalue weighted by atomic mass is 35.5. The maximum Gasteiger partial charge on any atom is 0.337 e. The molecule has 1 aliphatic rings. The molecule has 0 spiro atoms. The third-order valence-corrected chi connectivity index (χ3v) is 3.51. The number of hydrogen-bond acceptors (Lipinski definition) is 2. The minimum Gasteiger partial charge on any atom is -0.478 e. The van der Waals surface area contributed by atoms with Crippen LogP contribution in [-0.2, 0) is 0 Å². The maximum absolute atomic E-state index is 11.2. The van der Waals surface area contributed by atoms with Crippen molar-refractivity contribution in [2.45, 2.75) is 18.8 Å². The Bertz CT molecular complexity index is 633. The number of benzene rings is 1. The standard InChI is InChI=1S/C15H12ClNO2/c16-11-5-3-9(4-6-11)13-8-7-12(15(18)19)14(17-13)10-1-2-10/h3-8,10H,1-2H2,(H,18,19). The fraction of sp³-hybridized carbons (Fsp3) is 0.200. The lowest BCUT2D eigenvalue weighted by Gasteiger charge is -2.07. The Morgan fingerprint density at radius 2 is 1.84 bits per heavy atom. The Morgan fingerprint density at radius 3 is 2.42 bits per heavy atom. The third-order valence-electron chi connectivity index (χ3n) is 3.26. The van der Waals surface area contributed by atoms with Gasteiger partial charge in [0.25, 0.3) is 0 Å². The van der Waals surface area contributed by atoms with Gasteiger partial charge in [0, 0.05) is 16.5 Å². The van der Waals surface area contributed by atoms with Gasteiger partial charge in [-0.3, -0.25) is 4.98 Å². The van der Waals surface area contributed by atoms with Crippen molar-refractivity contribution < 1.29 is 9.90 Å². The van der Waals surface area contributed by atoms with Crippen LogP contribution in [0.2, 0.25) is 5.02 Å². The highest BCUT2D eigenvalue weighted by Gasteiger charge is 2.29. The van der Waals surface area contributed by atoms with E-state index >= 15 is 0 Å². The molecule has 0 aliphatic heterocycles. The third kappa shape index (κ3) is 2.47. The summed E-state index contributed by atoms with van der Waals surface area (Å²) in [5.41, 5.74) is 2.77. The molecule has 0 radical (unpaired) electrons. The highest BCUT2D eigenvalue weighted by molar-refractivity contribution is 6.30. The average Bonchev–Trinajstić information content (AvgIpc) is 3.23. The molecule has 4 heteroatoms. The second kappa shape index (κ2) is 4.67. The zero-order chi connectivity index (χ0) is 13.4. The molecule has 1 saturated carbocycles. The van der Waals surface area contributed by atoms with Gasteiger partial charge in [-0.25, -0.2) is 4.79 Å². The first-order valence-corrected chi connectivity index (χ1v) is 6.53. The van der Waals surface area contributed by atoms with Crippen LogP contribution in [0, 0.1) is 0 Å². The van der Waals surface area contributed by atoms with Crippen molar-refractivity contribution in [2.24, 2.45) is 0 Å². The van der Waals surface area contributed by atoms with Gasteiger partial charge in [0.05, 0.1) is 17.0 Å². The largest absolute Gasteiger partial charge is 0.478 e. The minimum absolute atomic E-state index is 0.304. The van der Waals surface area contributed by atoms with Crippen molar-refractivity contribution in [2.75, 3.05) is 0 Å². The van der Waals surface area contributed by atoms with Crippen molar-refractivity contribution in [3.05, 3.63) is 52.7 Å². The monoisotopic (exact) mass is 273 g/mol. The molecule has 0 unspecified atom stereocenters. The lowest BCUT2D eigenvalue weighted by molar-refractivity contribution is 0.0695. The maximum atomic E-state index is 11.2. The Labute approximate surface area is 115 Å². The van der Waals surface area contributed by atoms with Gasteiger partial charge in [0.1, 0.15) is 0 Å². The van der Waals surface area contributed by atoms with Crippen LogP contribution in [0.25, 0.3) is 11.3 Å². The SMILES string of the molecule is O=C(O)c1ccc(-c2ccc(Cl)cc2)nc1C1CC1. The fourth-order valence-electron chi connectivity index (χ4n) is 2.11. The smallest absolute Gasteiger partial charge is 0.337 e. The Balaban J connectivity index is 2.05. The first kappa shape index (κ1) is 12.2. The molecule has 19 heavy (non-hydrogen) atoms. The molecule has 2 aromatic rings. The summed E-state index contributed by atoms with van der Waals surface area (Å²) in [5, 5.41) is 9.86. The molecule has 1 heterocycles. The Hall–Kier alpha value is -1.87. The van der Waals surface area contributed by atoms with Gasteiger partial charge in [0.15, 0.2) is 0 Å². The molecule has 1 aromatic heterocycles. The van der Waals surface area contributed by atoms with Gasteiger partial charge in [-0.15, -0.1) is 0 Å². The molecular formula is C15H12ClNO2. The summed E-state index contributed by atoms with van der Waals surface area (Å²) in [4.78, 5) is 15.7. The summed E-state index contributed by atoms with van der Waals surface area (Å²) in [7, 11) is 0. The van der Waals surface area contributed by atoms with E-state index in [0.717, 1.165) is 24.1 Å². The van der Waals surface area contributed by atoms with Gasteiger partial charge < -0.3 is 5.11 Å². The number of halogens is 1. The van der Waals surface area contributed by atoms with E-state index in [-0.39, 0.29) is 0 Å². The zero-order valence-corrected chi connectivity index (χ0v) is 10.9. The van der Waals surface area contributed by atoms with Crippen molar-refractivity contribution in [1.29, 1.82) is 0 Å². The lowest BCUT2D eigenvalue weighted by Crippen LogP contribution is -2.04. The predicted octanol–water partition coefficient (Wildman–Crippen LogP) is 3.98. The Kier molecular flexibility index (Phi) is 2.99. The average molecular weight is 274 g/mol. The number of nitrogens with zero attached hydrogens (tertiary/aromatic N) is 1. The van der Waals surface area contributed by atoms with Crippen molar-refractivity contribution >= 4 is 17.6 Å². The van der Waals surface area contributed by atoms with Crippen molar-refractivity contribution in [3.8, 4) is 11.3 Å².